The van der Waals surface area contributed by atoms with E-state index in [-0.39, 0.29) is 18.4 Å². The summed E-state index contributed by atoms with van der Waals surface area (Å²) in [5.41, 5.74) is 2.70. The van der Waals surface area contributed by atoms with Crippen molar-refractivity contribution in [3.8, 4) is 0 Å². The monoisotopic (exact) mass is 412 g/mol. The van der Waals surface area contributed by atoms with Crippen LogP contribution < -0.4 is 10.2 Å². The summed E-state index contributed by atoms with van der Waals surface area (Å²) >= 11 is 0. The van der Waals surface area contributed by atoms with Gasteiger partial charge >= 0.3 is 0 Å². The molecule has 0 aliphatic carbocycles. The lowest BCUT2D eigenvalue weighted by Gasteiger charge is -2.30. The Morgan fingerprint density at radius 3 is 2.87 bits per heavy atom. The summed E-state index contributed by atoms with van der Waals surface area (Å²) in [6.07, 6.45) is 2.68. The number of hydrogen-bond donors (Lipinski definition) is 1. The lowest BCUT2D eigenvalue weighted by Crippen LogP contribution is -2.40. The maximum absolute atomic E-state index is 13.0. The first kappa shape index (κ1) is 20.3. The highest BCUT2D eigenvalue weighted by atomic mass is 16.5. The maximum Gasteiger partial charge on any atom is 0.255 e. The maximum atomic E-state index is 13.0. The Hall–Kier alpha value is -2.94. The molecule has 9 nitrogen and oxygen atoms in total. The Morgan fingerprint density at radius 2 is 2.20 bits per heavy atom. The predicted molar refractivity (Wildman–Crippen MR) is 112 cm³/mol. The molecule has 4 heterocycles. The summed E-state index contributed by atoms with van der Waals surface area (Å²) in [4.78, 5) is 35.8. The number of nitrogens with one attached hydrogen (secondary N) is 1. The van der Waals surface area contributed by atoms with E-state index in [2.05, 4.69) is 27.4 Å². The first-order valence-electron chi connectivity index (χ1n) is 10.2. The van der Waals surface area contributed by atoms with Gasteiger partial charge in [0.1, 0.15) is 5.76 Å². The van der Waals surface area contributed by atoms with Gasteiger partial charge in [-0.15, -0.1) is 0 Å². The highest BCUT2D eigenvalue weighted by molar-refractivity contribution is 6.04. The van der Waals surface area contributed by atoms with Crippen LogP contribution >= 0.6 is 0 Å². The Labute approximate surface area is 176 Å². The van der Waals surface area contributed by atoms with Gasteiger partial charge in [-0.05, 0) is 45.8 Å². The number of aryl methyl sites for hydroxylation is 2. The third-order valence-electron chi connectivity index (χ3n) is 5.98. The summed E-state index contributed by atoms with van der Waals surface area (Å²) in [5.74, 6) is 1.58. The molecule has 0 spiro atoms. The number of amides is 2. The lowest BCUT2D eigenvalue weighted by atomic mass is 10.1. The van der Waals surface area contributed by atoms with Gasteiger partial charge in [0.15, 0.2) is 5.82 Å². The molecule has 0 radical (unpaired) electrons. The smallest absolute Gasteiger partial charge is 0.255 e. The number of fused-ring (bicyclic) bond motifs is 1. The molecule has 4 rings (SSSR count). The number of aromatic nitrogens is 2. The molecule has 2 aliphatic rings. The van der Waals surface area contributed by atoms with Gasteiger partial charge in [-0.2, -0.15) is 0 Å². The van der Waals surface area contributed by atoms with Crippen molar-refractivity contribution in [1.29, 1.82) is 0 Å². The van der Waals surface area contributed by atoms with Gasteiger partial charge in [0.25, 0.3) is 5.91 Å². The minimum absolute atomic E-state index is 0.0868. The Bertz CT molecular complexity index is 952. The van der Waals surface area contributed by atoms with E-state index < -0.39 is 0 Å². The number of likely N-dealkylation sites (tertiary alicyclic amines) is 1. The topological polar surface area (TPSA) is 94.8 Å². The molecule has 2 amide bonds. The molecule has 1 fully saturated rings. The van der Waals surface area contributed by atoms with Crippen LogP contribution in [0.2, 0.25) is 0 Å². The molecule has 0 aromatic carbocycles. The Morgan fingerprint density at radius 1 is 1.40 bits per heavy atom. The first-order valence-corrected chi connectivity index (χ1v) is 10.2. The van der Waals surface area contributed by atoms with Gasteiger partial charge in [0.05, 0.1) is 30.0 Å². The predicted octanol–water partition coefficient (Wildman–Crippen LogP) is 1.67. The van der Waals surface area contributed by atoms with Crippen LogP contribution in [0.15, 0.2) is 16.8 Å². The van der Waals surface area contributed by atoms with Gasteiger partial charge in [-0.3, -0.25) is 9.59 Å². The van der Waals surface area contributed by atoms with Crippen molar-refractivity contribution in [3.05, 3.63) is 34.8 Å². The standard InChI is InChI=1S/C21H28N6O3/c1-13-17(14(2)30-24-13)12-27-18-7-16(8-22-20(18)23-9-19(27)28)21(29)26(4)11-15-5-6-25(3)10-15/h7-8,15H,5-6,9-12H2,1-4H3,(H,22,23). The zero-order chi connectivity index (χ0) is 21.4. The first-order chi connectivity index (χ1) is 14.3. The summed E-state index contributed by atoms with van der Waals surface area (Å²) in [6, 6.07) is 1.75. The van der Waals surface area contributed by atoms with Crippen molar-refractivity contribution in [3.63, 3.8) is 0 Å². The fraction of sp³-hybridized carbons (Fsp3) is 0.524. The lowest BCUT2D eigenvalue weighted by molar-refractivity contribution is -0.117. The van der Waals surface area contributed by atoms with Gasteiger partial charge < -0.3 is 24.5 Å². The van der Waals surface area contributed by atoms with Crippen molar-refractivity contribution in [2.75, 3.05) is 50.5 Å². The van der Waals surface area contributed by atoms with Gasteiger partial charge in [-0.25, -0.2) is 4.98 Å². The molecule has 2 aromatic rings. The van der Waals surface area contributed by atoms with Crippen LogP contribution in [-0.4, -0.2) is 72.0 Å². The average molecular weight is 412 g/mol. The summed E-state index contributed by atoms with van der Waals surface area (Å²) in [7, 11) is 3.93. The van der Waals surface area contributed by atoms with E-state index in [1.54, 1.807) is 22.1 Å². The number of hydrogen-bond acceptors (Lipinski definition) is 7. The molecule has 0 bridgehead atoms. The molecule has 1 unspecified atom stereocenters. The Balaban J connectivity index is 1.57. The van der Waals surface area contributed by atoms with Crippen LogP contribution in [0.4, 0.5) is 11.5 Å². The molecule has 9 heteroatoms. The van der Waals surface area contributed by atoms with Gasteiger partial charge in [-0.1, -0.05) is 5.16 Å². The van der Waals surface area contributed by atoms with Crippen molar-refractivity contribution in [1.82, 2.24) is 19.9 Å². The van der Waals surface area contributed by atoms with E-state index in [4.69, 9.17) is 4.52 Å². The van der Waals surface area contributed by atoms with Crippen LogP contribution in [0, 0.1) is 19.8 Å². The number of anilines is 2. The third kappa shape index (κ3) is 3.89. The van der Waals surface area contributed by atoms with Gasteiger partial charge in [0, 0.05) is 31.9 Å². The highest BCUT2D eigenvalue weighted by Gasteiger charge is 2.29. The second-order valence-corrected chi connectivity index (χ2v) is 8.33. The van der Waals surface area contributed by atoms with Crippen molar-refractivity contribution >= 4 is 23.3 Å². The Kier molecular flexibility index (Phi) is 5.46. The van der Waals surface area contributed by atoms with E-state index in [0.717, 1.165) is 30.8 Å². The van der Waals surface area contributed by atoms with Crippen LogP contribution in [0.1, 0.15) is 33.8 Å². The quantitative estimate of drug-likeness (QED) is 0.798. The molecule has 0 saturated carbocycles. The van der Waals surface area contributed by atoms with Crippen LogP contribution in [0.25, 0.3) is 0 Å². The zero-order valence-corrected chi connectivity index (χ0v) is 17.9. The molecule has 1 atom stereocenters. The fourth-order valence-corrected chi connectivity index (χ4v) is 4.23. The van der Waals surface area contributed by atoms with E-state index in [9.17, 15) is 9.59 Å². The molecular formula is C21H28N6O3. The molecular weight excluding hydrogens is 384 g/mol. The summed E-state index contributed by atoms with van der Waals surface area (Å²) in [6.45, 7) is 6.95. The number of carbonyl (C=O) groups is 2. The van der Waals surface area contributed by atoms with Gasteiger partial charge in [0.2, 0.25) is 5.91 Å². The molecule has 2 aliphatic heterocycles. The molecule has 2 aromatic heterocycles. The largest absolute Gasteiger partial charge is 0.361 e. The average Bonchev–Trinajstić information content (AvgIpc) is 3.28. The van der Waals surface area contributed by atoms with E-state index in [0.29, 0.717) is 41.8 Å². The second-order valence-electron chi connectivity index (χ2n) is 8.33. The molecule has 1 N–H and O–H groups in total. The zero-order valence-electron chi connectivity index (χ0n) is 17.9. The fourth-order valence-electron chi connectivity index (χ4n) is 4.23. The molecule has 30 heavy (non-hydrogen) atoms. The van der Waals surface area contributed by atoms with Crippen LogP contribution in [-0.2, 0) is 11.3 Å². The molecule has 1 saturated heterocycles. The van der Waals surface area contributed by atoms with E-state index >= 15 is 0 Å². The minimum Gasteiger partial charge on any atom is -0.361 e. The van der Waals surface area contributed by atoms with Crippen LogP contribution in [0.3, 0.4) is 0 Å². The van der Waals surface area contributed by atoms with Crippen molar-refractivity contribution in [2.45, 2.75) is 26.8 Å². The van der Waals surface area contributed by atoms with E-state index in [1.165, 1.54) is 0 Å². The number of rotatable bonds is 5. The second kappa shape index (κ2) is 8.06. The number of nitrogens with zero attached hydrogens (tertiary/aromatic N) is 5. The SMILES string of the molecule is Cc1noc(C)c1CN1C(=O)CNc2ncc(C(=O)N(C)CC3CCN(C)C3)cc21. The van der Waals surface area contributed by atoms with Crippen molar-refractivity contribution in [2.24, 2.45) is 5.92 Å². The molecule has 160 valence electrons. The van der Waals surface area contributed by atoms with E-state index in [1.807, 2.05) is 20.9 Å². The number of pyridine rings is 1. The number of carbonyl (C=O) groups excluding carboxylic acids is 2. The summed E-state index contributed by atoms with van der Waals surface area (Å²) in [5, 5.41) is 7.02. The minimum atomic E-state index is -0.0878. The normalized spacial score (nSPS) is 19.0. The third-order valence-corrected chi connectivity index (χ3v) is 5.98. The van der Waals surface area contributed by atoms with Crippen LogP contribution in [0.5, 0.6) is 0 Å². The highest BCUT2D eigenvalue weighted by Crippen LogP contribution is 2.31. The van der Waals surface area contributed by atoms with Crippen molar-refractivity contribution < 1.29 is 14.1 Å². The summed E-state index contributed by atoms with van der Waals surface area (Å²) < 4.78 is 5.24.